The van der Waals surface area contributed by atoms with E-state index in [4.69, 9.17) is 5.84 Å². The standard InChI is InChI=1S/C8H7FN2/c9-7-2-1-3-8-6(7)4-5-11(8)10/h1-5H,10H2. The maximum Gasteiger partial charge on any atom is 0.132 e. The number of fused-ring (bicyclic) bond motifs is 1. The third-order valence-corrected chi connectivity index (χ3v) is 1.71. The number of nitrogens with zero attached hydrogens (tertiary/aromatic N) is 1. The van der Waals surface area contributed by atoms with Gasteiger partial charge in [-0.3, -0.25) is 4.68 Å². The molecule has 0 atom stereocenters. The van der Waals surface area contributed by atoms with Crippen LogP contribution in [0.3, 0.4) is 0 Å². The van der Waals surface area contributed by atoms with E-state index in [0.29, 0.717) is 10.9 Å². The average Bonchev–Trinajstić information content (AvgIpc) is 2.35. The largest absolute Gasteiger partial charge is 0.339 e. The molecule has 1 aromatic heterocycles. The Bertz CT molecular complexity index is 392. The van der Waals surface area contributed by atoms with Gasteiger partial charge in [0.25, 0.3) is 0 Å². The highest BCUT2D eigenvalue weighted by atomic mass is 19.1. The van der Waals surface area contributed by atoms with Gasteiger partial charge in [-0.25, -0.2) is 4.39 Å². The molecule has 0 fully saturated rings. The first-order chi connectivity index (χ1) is 5.29. The lowest BCUT2D eigenvalue weighted by Gasteiger charge is -1.94. The van der Waals surface area contributed by atoms with E-state index in [1.807, 2.05) is 0 Å². The Labute approximate surface area is 63.0 Å². The number of benzene rings is 1. The zero-order valence-electron chi connectivity index (χ0n) is 5.79. The first kappa shape index (κ1) is 6.22. The molecular formula is C8H7FN2. The molecular weight excluding hydrogens is 143 g/mol. The molecule has 2 N–H and O–H groups in total. The molecule has 0 aliphatic rings. The number of halogens is 1. The minimum atomic E-state index is -0.230. The van der Waals surface area contributed by atoms with Gasteiger partial charge in [-0.1, -0.05) is 6.07 Å². The van der Waals surface area contributed by atoms with E-state index < -0.39 is 0 Å². The van der Waals surface area contributed by atoms with Gasteiger partial charge in [-0.05, 0) is 18.2 Å². The second kappa shape index (κ2) is 1.99. The van der Waals surface area contributed by atoms with Crippen molar-refractivity contribution in [3.63, 3.8) is 0 Å². The predicted molar refractivity (Wildman–Crippen MR) is 42.0 cm³/mol. The van der Waals surface area contributed by atoms with E-state index in [1.54, 1.807) is 24.4 Å². The van der Waals surface area contributed by atoms with Gasteiger partial charge in [0.15, 0.2) is 0 Å². The van der Waals surface area contributed by atoms with E-state index in [0.717, 1.165) is 0 Å². The maximum atomic E-state index is 12.9. The molecule has 1 aromatic carbocycles. The highest BCUT2D eigenvalue weighted by molar-refractivity contribution is 5.80. The molecule has 2 aromatic rings. The SMILES string of the molecule is Nn1ccc2c(F)cccc21. The Morgan fingerprint density at radius 2 is 2.09 bits per heavy atom. The van der Waals surface area contributed by atoms with Gasteiger partial charge >= 0.3 is 0 Å². The summed E-state index contributed by atoms with van der Waals surface area (Å²) in [6.07, 6.45) is 1.63. The van der Waals surface area contributed by atoms with Crippen molar-refractivity contribution < 1.29 is 4.39 Å². The van der Waals surface area contributed by atoms with Crippen LogP contribution in [0.5, 0.6) is 0 Å². The molecule has 0 amide bonds. The summed E-state index contributed by atoms with van der Waals surface area (Å²) >= 11 is 0. The van der Waals surface area contributed by atoms with Crippen LogP contribution in [0.2, 0.25) is 0 Å². The van der Waals surface area contributed by atoms with Crippen molar-refractivity contribution >= 4 is 10.9 Å². The topological polar surface area (TPSA) is 30.9 Å². The van der Waals surface area contributed by atoms with Crippen molar-refractivity contribution in [1.82, 2.24) is 4.68 Å². The van der Waals surface area contributed by atoms with Gasteiger partial charge in [-0.2, -0.15) is 0 Å². The molecule has 0 spiro atoms. The molecule has 3 heteroatoms. The number of hydrogen-bond donors (Lipinski definition) is 1. The van der Waals surface area contributed by atoms with Gasteiger partial charge in [0.05, 0.1) is 5.52 Å². The van der Waals surface area contributed by atoms with Crippen LogP contribution in [-0.4, -0.2) is 4.68 Å². The Balaban J connectivity index is 2.94. The van der Waals surface area contributed by atoms with Crippen molar-refractivity contribution in [2.45, 2.75) is 0 Å². The Kier molecular flexibility index (Phi) is 1.12. The average molecular weight is 150 g/mol. The second-order valence-electron chi connectivity index (χ2n) is 2.40. The van der Waals surface area contributed by atoms with Crippen molar-refractivity contribution in [2.24, 2.45) is 0 Å². The highest BCUT2D eigenvalue weighted by Crippen LogP contribution is 2.16. The summed E-state index contributed by atoms with van der Waals surface area (Å²) in [6, 6.07) is 6.49. The predicted octanol–water partition coefficient (Wildman–Crippen LogP) is 1.49. The summed E-state index contributed by atoms with van der Waals surface area (Å²) in [6.45, 7) is 0. The number of rotatable bonds is 0. The fourth-order valence-corrected chi connectivity index (χ4v) is 1.15. The van der Waals surface area contributed by atoms with Crippen LogP contribution >= 0.6 is 0 Å². The van der Waals surface area contributed by atoms with Crippen LogP contribution < -0.4 is 5.84 Å². The molecule has 0 unspecified atom stereocenters. The van der Waals surface area contributed by atoms with Crippen LogP contribution in [0.25, 0.3) is 10.9 Å². The third-order valence-electron chi connectivity index (χ3n) is 1.71. The molecule has 2 rings (SSSR count). The van der Waals surface area contributed by atoms with Gasteiger partial charge < -0.3 is 5.84 Å². The molecule has 0 aliphatic heterocycles. The number of nitrogen functional groups attached to an aromatic ring is 1. The molecule has 0 radical (unpaired) electrons. The highest BCUT2D eigenvalue weighted by Gasteiger charge is 2.01. The van der Waals surface area contributed by atoms with Crippen molar-refractivity contribution in [1.29, 1.82) is 0 Å². The molecule has 1 heterocycles. The fourth-order valence-electron chi connectivity index (χ4n) is 1.15. The Morgan fingerprint density at radius 3 is 2.82 bits per heavy atom. The molecule has 56 valence electrons. The van der Waals surface area contributed by atoms with E-state index >= 15 is 0 Å². The second-order valence-corrected chi connectivity index (χ2v) is 2.40. The van der Waals surface area contributed by atoms with Crippen molar-refractivity contribution in [3.05, 3.63) is 36.3 Å². The quantitative estimate of drug-likeness (QED) is 0.567. The van der Waals surface area contributed by atoms with Crippen LogP contribution in [0.4, 0.5) is 4.39 Å². The minimum Gasteiger partial charge on any atom is -0.339 e. The van der Waals surface area contributed by atoms with E-state index in [9.17, 15) is 4.39 Å². The zero-order chi connectivity index (χ0) is 7.84. The van der Waals surface area contributed by atoms with E-state index in [1.165, 1.54) is 10.7 Å². The summed E-state index contributed by atoms with van der Waals surface area (Å²) in [4.78, 5) is 0. The molecule has 0 bridgehead atoms. The van der Waals surface area contributed by atoms with Gasteiger partial charge in [-0.15, -0.1) is 0 Å². The summed E-state index contributed by atoms with van der Waals surface area (Å²) in [5, 5.41) is 0.565. The number of hydrogen-bond acceptors (Lipinski definition) is 1. The van der Waals surface area contributed by atoms with E-state index in [-0.39, 0.29) is 5.82 Å². The van der Waals surface area contributed by atoms with Gasteiger partial charge in [0, 0.05) is 11.6 Å². The molecule has 0 saturated heterocycles. The lowest BCUT2D eigenvalue weighted by Crippen LogP contribution is -2.04. The summed E-state index contributed by atoms with van der Waals surface area (Å²) < 4.78 is 14.3. The Hall–Kier alpha value is -1.51. The summed E-state index contributed by atoms with van der Waals surface area (Å²) in [7, 11) is 0. The number of aromatic nitrogens is 1. The first-order valence-corrected chi connectivity index (χ1v) is 3.30. The molecule has 0 saturated carbocycles. The molecule has 0 aliphatic carbocycles. The summed E-state index contributed by atoms with van der Waals surface area (Å²) in [5.41, 5.74) is 0.713. The third kappa shape index (κ3) is 0.774. The van der Waals surface area contributed by atoms with E-state index in [2.05, 4.69) is 0 Å². The smallest absolute Gasteiger partial charge is 0.132 e. The van der Waals surface area contributed by atoms with Gasteiger partial charge in [0.2, 0.25) is 0 Å². The zero-order valence-corrected chi connectivity index (χ0v) is 5.79. The minimum absolute atomic E-state index is 0.230. The lowest BCUT2D eigenvalue weighted by molar-refractivity contribution is 0.640. The van der Waals surface area contributed by atoms with Gasteiger partial charge in [0.1, 0.15) is 5.82 Å². The first-order valence-electron chi connectivity index (χ1n) is 3.30. The van der Waals surface area contributed by atoms with Crippen molar-refractivity contribution in [3.8, 4) is 0 Å². The molecule has 11 heavy (non-hydrogen) atoms. The monoisotopic (exact) mass is 150 g/mol. The number of nitrogens with two attached hydrogens (primary N) is 1. The fraction of sp³-hybridized carbons (Fsp3) is 0. The van der Waals surface area contributed by atoms with Crippen LogP contribution in [0.15, 0.2) is 30.5 Å². The van der Waals surface area contributed by atoms with Crippen LogP contribution in [0.1, 0.15) is 0 Å². The lowest BCUT2D eigenvalue weighted by atomic mass is 10.2. The normalized spacial score (nSPS) is 10.6. The Morgan fingerprint density at radius 1 is 1.27 bits per heavy atom. The van der Waals surface area contributed by atoms with Crippen molar-refractivity contribution in [2.75, 3.05) is 5.84 Å². The van der Waals surface area contributed by atoms with Crippen LogP contribution in [0, 0.1) is 5.82 Å². The summed E-state index contributed by atoms with van der Waals surface area (Å²) in [5.74, 6) is 5.27. The maximum absolute atomic E-state index is 12.9. The molecule has 2 nitrogen and oxygen atoms in total. The van der Waals surface area contributed by atoms with Crippen LogP contribution in [-0.2, 0) is 0 Å².